The van der Waals surface area contributed by atoms with E-state index in [9.17, 15) is 4.79 Å². The number of nitrogens with one attached hydrogen (secondary N) is 1. The van der Waals surface area contributed by atoms with Gasteiger partial charge in [-0.3, -0.25) is 4.79 Å². The fourth-order valence-electron chi connectivity index (χ4n) is 2.90. The average Bonchev–Trinajstić information content (AvgIpc) is 2.69. The molecule has 0 spiro atoms. The normalized spacial score (nSPS) is 14.0. The quantitative estimate of drug-likeness (QED) is 0.770. The Labute approximate surface area is 154 Å². The van der Waals surface area contributed by atoms with E-state index in [1.807, 2.05) is 12.1 Å². The molecule has 3 rings (SSSR count). The minimum absolute atomic E-state index is 0.0232. The number of rotatable bonds is 7. The second-order valence-electron chi connectivity index (χ2n) is 6.20. The number of hydrogen-bond acceptors (Lipinski definition) is 5. The number of nitrogens with zero attached hydrogens (tertiary/aromatic N) is 1. The predicted molar refractivity (Wildman–Crippen MR) is 104 cm³/mol. The molecule has 0 amide bonds. The monoisotopic (exact) mass is 352 g/mol. The van der Waals surface area contributed by atoms with Gasteiger partial charge < -0.3 is 19.7 Å². The molecule has 1 fully saturated rings. The zero-order valence-electron chi connectivity index (χ0n) is 15.0. The van der Waals surface area contributed by atoms with E-state index in [4.69, 9.17) is 9.47 Å². The van der Waals surface area contributed by atoms with Crippen LogP contribution in [0.1, 0.15) is 16.8 Å². The highest BCUT2D eigenvalue weighted by atomic mass is 16.5. The van der Waals surface area contributed by atoms with Crippen LogP contribution in [0.5, 0.6) is 5.75 Å². The summed E-state index contributed by atoms with van der Waals surface area (Å²) in [6.07, 6.45) is 0.248. The van der Waals surface area contributed by atoms with E-state index >= 15 is 0 Å². The van der Waals surface area contributed by atoms with Gasteiger partial charge in [0, 0.05) is 35.7 Å². The number of allylic oxidation sites excluding steroid dienone is 1. The molecule has 0 bridgehead atoms. The summed E-state index contributed by atoms with van der Waals surface area (Å²) in [5.74, 6) is 0.758. The third-order valence-electron chi connectivity index (χ3n) is 4.35. The number of carbonyl (C=O) groups excluding carboxylic acids is 1. The zero-order valence-corrected chi connectivity index (χ0v) is 15.0. The van der Waals surface area contributed by atoms with Crippen LogP contribution in [0.4, 0.5) is 11.4 Å². The lowest BCUT2D eigenvalue weighted by molar-refractivity contribution is 0.0993. The van der Waals surface area contributed by atoms with Crippen LogP contribution < -0.4 is 15.0 Å². The molecule has 5 heteroatoms. The van der Waals surface area contributed by atoms with Gasteiger partial charge in [-0.15, -0.1) is 0 Å². The Bertz CT molecular complexity index is 748. The van der Waals surface area contributed by atoms with Crippen LogP contribution in [-0.2, 0) is 4.74 Å². The molecule has 2 aromatic rings. The van der Waals surface area contributed by atoms with E-state index < -0.39 is 0 Å². The lowest BCUT2D eigenvalue weighted by Crippen LogP contribution is -2.36. The van der Waals surface area contributed by atoms with Crippen LogP contribution in [0.3, 0.4) is 0 Å². The maximum Gasteiger partial charge on any atom is 0.168 e. The number of ether oxygens (including phenoxy) is 2. The molecule has 0 unspecified atom stereocenters. The Morgan fingerprint density at radius 1 is 1.12 bits per heavy atom. The van der Waals surface area contributed by atoms with Crippen molar-refractivity contribution < 1.29 is 14.3 Å². The van der Waals surface area contributed by atoms with Gasteiger partial charge in [0.2, 0.25) is 0 Å². The molecule has 1 saturated heterocycles. The Morgan fingerprint density at radius 2 is 1.77 bits per heavy atom. The first-order chi connectivity index (χ1) is 12.7. The number of anilines is 2. The van der Waals surface area contributed by atoms with E-state index in [0.29, 0.717) is 11.3 Å². The van der Waals surface area contributed by atoms with Crippen LogP contribution in [0.25, 0.3) is 0 Å². The van der Waals surface area contributed by atoms with Gasteiger partial charge in [0.05, 0.1) is 26.7 Å². The largest absolute Gasteiger partial charge is 0.497 e. The summed E-state index contributed by atoms with van der Waals surface area (Å²) in [7, 11) is 1.60. The molecule has 1 aliphatic heterocycles. The highest BCUT2D eigenvalue weighted by Gasteiger charge is 2.11. The molecule has 26 heavy (non-hydrogen) atoms. The molecular formula is C21H24N2O3. The van der Waals surface area contributed by atoms with Gasteiger partial charge in [-0.1, -0.05) is 6.58 Å². The van der Waals surface area contributed by atoms with E-state index in [1.165, 1.54) is 5.69 Å². The molecule has 1 aliphatic rings. The van der Waals surface area contributed by atoms with Gasteiger partial charge in [0.1, 0.15) is 5.75 Å². The molecule has 0 atom stereocenters. The van der Waals surface area contributed by atoms with E-state index in [0.717, 1.165) is 37.7 Å². The number of ketones is 1. The summed E-state index contributed by atoms with van der Waals surface area (Å²) in [6, 6.07) is 15.3. The third kappa shape index (κ3) is 4.64. The van der Waals surface area contributed by atoms with Crippen LogP contribution >= 0.6 is 0 Å². The molecule has 1 N–H and O–H groups in total. The summed E-state index contributed by atoms with van der Waals surface area (Å²) in [5, 5.41) is 3.21. The smallest absolute Gasteiger partial charge is 0.168 e. The zero-order chi connectivity index (χ0) is 18.4. The molecule has 0 aromatic heterocycles. The van der Waals surface area contributed by atoms with Crippen molar-refractivity contribution in [3.05, 3.63) is 66.4 Å². The van der Waals surface area contributed by atoms with Gasteiger partial charge in [0.15, 0.2) is 5.78 Å². The minimum atomic E-state index is 0.0232. The molecule has 2 aromatic carbocycles. The maximum atomic E-state index is 12.3. The van der Waals surface area contributed by atoms with Crippen molar-refractivity contribution in [2.24, 2.45) is 0 Å². The highest BCUT2D eigenvalue weighted by Crippen LogP contribution is 2.21. The van der Waals surface area contributed by atoms with Crippen molar-refractivity contribution >= 4 is 17.2 Å². The first-order valence-corrected chi connectivity index (χ1v) is 8.70. The highest BCUT2D eigenvalue weighted by molar-refractivity contribution is 5.97. The van der Waals surface area contributed by atoms with Gasteiger partial charge in [0.25, 0.3) is 0 Å². The number of morpholine rings is 1. The predicted octanol–water partition coefficient (Wildman–Crippen LogP) is 3.73. The van der Waals surface area contributed by atoms with Crippen LogP contribution in [0.15, 0.2) is 60.8 Å². The molecule has 0 radical (unpaired) electrons. The van der Waals surface area contributed by atoms with E-state index in [-0.39, 0.29) is 12.2 Å². The molecule has 0 saturated carbocycles. The third-order valence-corrected chi connectivity index (χ3v) is 4.35. The van der Waals surface area contributed by atoms with Gasteiger partial charge in [-0.25, -0.2) is 0 Å². The van der Waals surface area contributed by atoms with E-state index in [2.05, 4.69) is 28.9 Å². The summed E-state index contributed by atoms with van der Waals surface area (Å²) in [6.45, 7) is 7.34. The minimum Gasteiger partial charge on any atom is -0.497 e. The Balaban J connectivity index is 1.54. The lowest BCUT2D eigenvalue weighted by Gasteiger charge is -2.29. The van der Waals surface area contributed by atoms with Crippen LogP contribution in [0.2, 0.25) is 0 Å². The van der Waals surface area contributed by atoms with Crippen LogP contribution in [-0.4, -0.2) is 39.2 Å². The number of methoxy groups -OCH3 is 1. The first-order valence-electron chi connectivity index (χ1n) is 8.70. The fourth-order valence-corrected chi connectivity index (χ4v) is 2.90. The lowest BCUT2D eigenvalue weighted by atomic mass is 10.1. The Morgan fingerprint density at radius 3 is 2.38 bits per heavy atom. The summed E-state index contributed by atoms with van der Waals surface area (Å²) < 4.78 is 10.5. The van der Waals surface area contributed by atoms with Crippen molar-refractivity contribution in [3.8, 4) is 5.75 Å². The standard InChI is InChI=1S/C21H24N2O3/c1-16(15-21(24)17-3-9-20(25-2)10-4-17)22-18-5-7-19(8-6-18)23-11-13-26-14-12-23/h3-10,22H,1,11-15H2,2H3. The molecule has 0 aliphatic carbocycles. The number of hydrogen-bond donors (Lipinski definition) is 1. The Kier molecular flexibility index (Phi) is 5.92. The number of benzene rings is 2. The Hall–Kier alpha value is -2.79. The SMILES string of the molecule is C=C(CC(=O)c1ccc(OC)cc1)Nc1ccc(N2CCOCC2)cc1. The molecule has 136 valence electrons. The average molecular weight is 352 g/mol. The fraction of sp³-hybridized carbons (Fsp3) is 0.286. The van der Waals surface area contributed by atoms with Crippen molar-refractivity contribution in [2.75, 3.05) is 43.6 Å². The summed E-state index contributed by atoms with van der Waals surface area (Å²) in [4.78, 5) is 14.6. The van der Waals surface area contributed by atoms with Crippen molar-refractivity contribution in [1.82, 2.24) is 0 Å². The number of Topliss-reactive ketones (excluding diaryl/α,β-unsaturated/α-hetero) is 1. The second-order valence-corrected chi connectivity index (χ2v) is 6.20. The maximum absolute atomic E-state index is 12.3. The van der Waals surface area contributed by atoms with Gasteiger partial charge in [-0.2, -0.15) is 0 Å². The van der Waals surface area contributed by atoms with Gasteiger partial charge >= 0.3 is 0 Å². The first kappa shape index (κ1) is 18.0. The van der Waals surface area contributed by atoms with Crippen molar-refractivity contribution in [2.45, 2.75) is 6.42 Å². The summed E-state index contributed by atoms with van der Waals surface area (Å²) in [5.41, 5.74) is 3.43. The van der Waals surface area contributed by atoms with Gasteiger partial charge in [-0.05, 0) is 48.5 Å². The second kappa shape index (κ2) is 8.54. The van der Waals surface area contributed by atoms with E-state index in [1.54, 1.807) is 31.4 Å². The molecular weight excluding hydrogens is 328 g/mol. The van der Waals surface area contributed by atoms with Crippen molar-refractivity contribution in [1.29, 1.82) is 0 Å². The summed E-state index contributed by atoms with van der Waals surface area (Å²) >= 11 is 0. The van der Waals surface area contributed by atoms with Crippen LogP contribution in [0, 0.1) is 0 Å². The topological polar surface area (TPSA) is 50.8 Å². The van der Waals surface area contributed by atoms with Crippen molar-refractivity contribution in [3.63, 3.8) is 0 Å². The molecule has 1 heterocycles. The number of carbonyl (C=O) groups is 1. The molecule has 5 nitrogen and oxygen atoms in total.